The maximum absolute atomic E-state index is 12.1. The highest BCUT2D eigenvalue weighted by Crippen LogP contribution is 2.20. The summed E-state index contributed by atoms with van der Waals surface area (Å²) in [6.45, 7) is 7.96. The Morgan fingerprint density at radius 2 is 1.88 bits per heavy atom. The van der Waals surface area contributed by atoms with Gasteiger partial charge in [0.2, 0.25) is 0 Å². The van der Waals surface area contributed by atoms with Crippen LogP contribution in [0.3, 0.4) is 0 Å². The third-order valence-corrected chi connectivity index (χ3v) is 1.67. The smallest absolute Gasteiger partial charge is 0.410 e. The molecule has 0 aromatic heterocycles. The number of halogens is 3. The highest BCUT2D eigenvalue weighted by molar-refractivity contribution is 5.68. The number of nitrogens with zero attached hydrogens (tertiary/aromatic N) is 1. The van der Waals surface area contributed by atoms with Crippen LogP contribution in [0.4, 0.5) is 18.0 Å². The Hall–Kier alpha value is -1.20. The van der Waals surface area contributed by atoms with Crippen LogP contribution in [0.5, 0.6) is 0 Å². The molecule has 17 heavy (non-hydrogen) atoms. The molecule has 1 amide bonds. The Kier molecular flexibility index (Phi) is 5.51. The summed E-state index contributed by atoms with van der Waals surface area (Å²) in [6.07, 6.45) is -4.75. The van der Waals surface area contributed by atoms with Crippen molar-refractivity contribution in [1.82, 2.24) is 4.90 Å². The summed E-state index contributed by atoms with van der Waals surface area (Å²) in [5.74, 6) is 0. The van der Waals surface area contributed by atoms with Gasteiger partial charge in [0.25, 0.3) is 0 Å². The fourth-order valence-corrected chi connectivity index (χ4v) is 1.00. The van der Waals surface area contributed by atoms with Crippen molar-refractivity contribution < 1.29 is 22.7 Å². The van der Waals surface area contributed by atoms with Gasteiger partial charge in [-0.15, -0.1) is 6.58 Å². The maximum Gasteiger partial charge on any atom is 0.410 e. The Bertz CT molecular complexity index is 269. The van der Waals surface area contributed by atoms with Crippen molar-refractivity contribution >= 4 is 6.09 Å². The standard InChI is InChI=1S/C11H18F3NO2/c1-5-7-15(8-6-11(12,13)14)9(16)17-10(2,3)4/h5H,1,6-8H2,2-4H3. The van der Waals surface area contributed by atoms with Gasteiger partial charge in [0, 0.05) is 13.1 Å². The molecule has 0 saturated heterocycles. The first-order valence-corrected chi connectivity index (χ1v) is 5.21. The lowest BCUT2D eigenvalue weighted by Gasteiger charge is -2.26. The summed E-state index contributed by atoms with van der Waals surface area (Å²) in [5, 5.41) is 0. The Morgan fingerprint density at radius 1 is 1.35 bits per heavy atom. The van der Waals surface area contributed by atoms with E-state index in [1.165, 1.54) is 6.08 Å². The minimum absolute atomic E-state index is 0.0327. The molecule has 0 aliphatic rings. The van der Waals surface area contributed by atoms with Gasteiger partial charge < -0.3 is 9.64 Å². The zero-order valence-electron chi connectivity index (χ0n) is 10.3. The van der Waals surface area contributed by atoms with Crippen molar-refractivity contribution in [3.8, 4) is 0 Å². The van der Waals surface area contributed by atoms with E-state index in [0.29, 0.717) is 0 Å². The van der Waals surface area contributed by atoms with E-state index in [9.17, 15) is 18.0 Å². The molecule has 6 heteroatoms. The minimum Gasteiger partial charge on any atom is -0.444 e. The molecule has 0 atom stereocenters. The Balaban J connectivity index is 4.41. The molecule has 0 aromatic rings. The van der Waals surface area contributed by atoms with Gasteiger partial charge in [-0.3, -0.25) is 0 Å². The molecule has 0 fully saturated rings. The first-order chi connectivity index (χ1) is 7.55. The third-order valence-electron chi connectivity index (χ3n) is 1.67. The fourth-order valence-electron chi connectivity index (χ4n) is 1.00. The zero-order chi connectivity index (χ0) is 13.7. The largest absolute Gasteiger partial charge is 0.444 e. The SMILES string of the molecule is C=CCN(CCC(F)(F)F)C(=O)OC(C)(C)C. The van der Waals surface area contributed by atoms with Crippen LogP contribution >= 0.6 is 0 Å². The van der Waals surface area contributed by atoms with Crippen molar-refractivity contribution in [3.05, 3.63) is 12.7 Å². The third kappa shape index (κ3) is 8.59. The molecule has 0 radical (unpaired) electrons. The van der Waals surface area contributed by atoms with Gasteiger partial charge in [0.05, 0.1) is 6.42 Å². The van der Waals surface area contributed by atoms with E-state index in [2.05, 4.69) is 6.58 Å². The molecule has 100 valence electrons. The lowest BCUT2D eigenvalue weighted by Crippen LogP contribution is -2.38. The van der Waals surface area contributed by atoms with Gasteiger partial charge in [-0.2, -0.15) is 13.2 Å². The van der Waals surface area contributed by atoms with E-state index >= 15 is 0 Å². The molecular weight excluding hydrogens is 235 g/mol. The zero-order valence-corrected chi connectivity index (χ0v) is 10.3. The van der Waals surface area contributed by atoms with E-state index < -0.39 is 30.8 Å². The molecule has 0 N–H and O–H groups in total. The van der Waals surface area contributed by atoms with Gasteiger partial charge in [-0.05, 0) is 20.8 Å². The number of amides is 1. The summed E-state index contributed by atoms with van der Waals surface area (Å²) >= 11 is 0. The summed E-state index contributed by atoms with van der Waals surface area (Å²) in [5.41, 5.74) is -0.727. The van der Waals surface area contributed by atoms with Crippen LogP contribution < -0.4 is 0 Å². The quantitative estimate of drug-likeness (QED) is 0.719. The van der Waals surface area contributed by atoms with Gasteiger partial charge in [-0.1, -0.05) is 6.08 Å². The van der Waals surface area contributed by atoms with E-state index in [-0.39, 0.29) is 6.54 Å². The van der Waals surface area contributed by atoms with Crippen molar-refractivity contribution in [1.29, 1.82) is 0 Å². The number of hydrogen-bond donors (Lipinski definition) is 0. The van der Waals surface area contributed by atoms with Crippen molar-refractivity contribution in [3.63, 3.8) is 0 Å². The highest BCUT2D eigenvalue weighted by Gasteiger charge is 2.30. The van der Waals surface area contributed by atoms with Crippen molar-refractivity contribution in [2.45, 2.75) is 39.0 Å². The molecule has 0 bridgehead atoms. The van der Waals surface area contributed by atoms with E-state index in [1.807, 2.05) is 0 Å². The molecule has 0 aromatic carbocycles. The lowest BCUT2D eigenvalue weighted by molar-refractivity contribution is -0.137. The fraction of sp³-hybridized carbons (Fsp3) is 0.727. The molecule has 3 nitrogen and oxygen atoms in total. The summed E-state index contributed by atoms with van der Waals surface area (Å²) < 4.78 is 41.1. The molecule has 0 heterocycles. The van der Waals surface area contributed by atoms with Gasteiger partial charge in [0.1, 0.15) is 5.60 Å². The van der Waals surface area contributed by atoms with Crippen molar-refractivity contribution in [2.24, 2.45) is 0 Å². The van der Waals surface area contributed by atoms with E-state index in [1.54, 1.807) is 20.8 Å². The van der Waals surface area contributed by atoms with Gasteiger partial charge in [0.15, 0.2) is 0 Å². The first-order valence-electron chi connectivity index (χ1n) is 5.21. The van der Waals surface area contributed by atoms with Gasteiger partial charge >= 0.3 is 12.3 Å². The number of rotatable bonds is 4. The van der Waals surface area contributed by atoms with Crippen LogP contribution in [0.15, 0.2) is 12.7 Å². The van der Waals surface area contributed by atoms with Crippen LogP contribution in [-0.2, 0) is 4.74 Å². The molecule has 0 saturated carbocycles. The van der Waals surface area contributed by atoms with Crippen LogP contribution in [-0.4, -0.2) is 35.9 Å². The van der Waals surface area contributed by atoms with Crippen LogP contribution in [0.25, 0.3) is 0 Å². The second-order valence-corrected chi connectivity index (χ2v) is 4.58. The average Bonchev–Trinajstić information content (AvgIpc) is 2.07. The normalized spacial score (nSPS) is 12.1. The predicted octanol–water partition coefficient (Wildman–Crippen LogP) is 3.36. The maximum atomic E-state index is 12.1. The monoisotopic (exact) mass is 253 g/mol. The van der Waals surface area contributed by atoms with E-state index in [0.717, 1.165) is 4.90 Å². The lowest BCUT2D eigenvalue weighted by atomic mass is 10.2. The molecule has 0 rings (SSSR count). The second-order valence-electron chi connectivity index (χ2n) is 4.58. The van der Waals surface area contributed by atoms with Crippen molar-refractivity contribution in [2.75, 3.05) is 13.1 Å². The molecule has 0 aliphatic carbocycles. The second kappa shape index (κ2) is 5.93. The number of alkyl halides is 3. The number of hydrogen-bond acceptors (Lipinski definition) is 2. The van der Waals surface area contributed by atoms with Gasteiger partial charge in [-0.25, -0.2) is 4.79 Å². The number of carbonyl (C=O) groups excluding carboxylic acids is 1. The minimum atomic E-state index is -4.29. The summed E-state index contributed by atoms with van der Waals surface area (Å²) in [7, 11) is 0. The highest BCUT2D eigenvalue weighted by atomic mass is 19.4. The van der Waals surface area contributed by atoms with Crippen LogP contribution in [0, 0.1) is 0 Å². The number of ether oxygens (including phenoxy) is 1. The average molecular weight is 253 g/mol. The first kappa shape index (κ1) is 15.8. The van der Waals surface area contributed by atoms with Crippen LogP contribution in [0.1, 0.15) is 27.2 Å². The predicted molar refractivity (Wildman–Crippen MR) is 58.7 cm³/mol. The summed E-state index contributed by atoms with van der Waals surface area (Å²) in [4.78, 5) is 12.5. The van der Waals surface area contributed by atoms with Crippen LogP contribution in [0.2, 0.25) is 0 Å². The topological polar surface area (TPSA) is 29.5 Å². The Morgan fingerprint density at radius 3 is 2.24 bits per heavy atom. The molecule has 0 aliphatic heterocycles. The summed E-state index contributed by atoms with van der Waals surface area (Å²) in [6, 6.07) is 0. The molecular formula is C11H18F3NO2. The molecule has 0 spiro atoms. The molecule has 0 unspecified atom stereocenters. The number of carbonyl (C=O) groups is 1. The Labute approximate surface area is 99.2 Å². The van der Waals surface area contributed by atoms with E-state index in [4.69, 9.17) is 4.74 Å².